The first-order valence-corrected chi connectivity index (χ1v) is 10.2. The number of nitrogens with one attached hydrogen (secondary N) is 1. The first kappa shape index (κ1) is 20.8. The van der Waals surface area contributed by atoms with Crippen LogP contribution in [0.2, 0.25) is 0 Å². The third-order valence-corrected chi connectivity index (χ3v) is 5.40. The van der Waals surface area contributed by atoms with Crippen molar-refractivity contribution in [1.82, 2.24) is 0 Å². The van der Waals surface area contributed by atoms with Gasteiger partial charge in [-0.05, 0) is 37.3 Å². The number of hydrogen-bond donors (Lipinski definition) is 1. The van der Waals surface area contributed by atoms with Crippen molar-refractivity contribution in [1.29, 1.82) is 0 Å². The van der Waals surface area contributed by atoms with E-state index in [1.165, 1.54) is 25.1 Å². The lowest BCUT2D eigenvalue weighted by Gasteiger charge is -2.28. The van der Waals surface area contributed by atoms with Crippen LogP contribution < -0.4 is 19.1 Å². The molecule has 0 unspecified atom stereocenters. The summed E-state index contributed by atoms with van der Waals surface area (Å²) in [6.07, 6.45) is -3.84. The molecule has 1 aliphatic heterocycles. The summed E-state index contributed by atoms with van der Waals surface area (Å²) in [5, 5.41) is 2.54. The number of amides is 1. The summed E-state index contributed by atoms with van der Waals surface area (Å²) in [5.41, 5.74) is -0.966. The fourth-order valence-electron chi connectivity index (χ4n) is 2.85. The highest BCUT2D eigenvalue weighted by Gasteiger charge is 2.34. The van der Waals surface area contributed by atoms with Gasteiger partial charge in [-0.3, -0.25) is 9.10 Å². The number of ether oxygens (including phenoxy) is 2. The molecule has 156 valence electrons. The van der Waals surface area contributed by atoms with Crippen LogP contribution in [0.1, 0.15) is 12.5 Å². The lowest BCUT2D eigenvalue weighted by molar-refractivity contribution is -0.137. The number of fused-ring (bicyclic) bond motifs is 1. The van der Waals surface area contributed by atoms with E-state index >= 15 is 0 Å². The average molecular weight is 430 g/mol. The van der Waals surface area contributed by atoms with Crippen LogP contribution in [-0.2, 0) is 21.0 Å². The minimum absolute atomic E-state index is 0.0422. The number of sulfonamides is 1. The Morgan fingerprint density at radius 3 is 2.48 bits per heavy atom. The second-order valence-corrected chi connectivity index (χ2v) is 8.20. The molecular weight excluding hydrogens is 413 g/mol. The summed E-state index contributed by atoms with van der Waals surface area (Å²) < 4.78 is 74.6. The Hall–Kier alpha value is -2.95. The zero-order chi connectivity index (χ0) is 21.4. The van der Waals surface area contributed by atoms with Gasteiger partial charge in [0.25, 0.3) is 0 Å². The Morgan fingerprint density at radius 2 is 1.83 bits per heavy atom. The van der Waals surface area contributed by atoms with Crippen molar-refractivity contribution in [3.63, 3.8) is 0 Å². The molecule has 29 heavy (non-hydrogen) atoms. The summed E-state index contributed by atoms with van der Waals surface area (Å²) in [4.78, 5) is 12.6. The molecule has 1 heterocycles. The maximum atomic E-state index is 13.0. The van der Waals surface area contributed by atoms with E-state index in [1.807, 2.05) is 0 Å². The van der Waals surface area contributed by atoms with E-state index in [0.29, 0.717) is 27.6 Å². The maximum absolute atomic E-state index is 13.0. The standard InChI is InChI=1S/C18H17F3N2O5S/c1-11(17(24)22-13-6-7-15-16(9-13)28-10-27-15)23(29(2,25)26)14-5-3-4-12(8-14)18(19,20)21/h3-9,11H,10H2,1-2H3,(H,22,24)/t11-/m0/s1. The lowest BCUT2D eigenvalue weighted by atomic mass is 10.1. The Kier molecular flexibility index (Phi) is 5.35. The third kappa shape index (κ3) is 4.56. The van der Waals surface area contributed by atoms with E-state index in [0.717, 1.165) is 18.4 Å². The SMILES string of the molecule is C[C@@H](C(=O)Nc1ccc2c(c1)OCO2)N(c1cccc(C(F)(F)F)c1)S(C)(=O)=O. The number of benzene rings is 2. The molecular formula is C18H17F3N2O5S. The Labute approximate surface area is 165 Å². The highest BCUT2D eigenvalue weighted by atomic mass is 32.2. The molecule has 1 atom stereocenters. The molecule has 2 aromatic rings. The van der Waals surface area contributed by atoms with Crippen LogP contribution >= 0.6 is 0 Å². The molecule has 0 bridgehead atoms. The molecule has 0 saturated carbocycles. The molecule has 0 spiro atoms. The Bertz CT molecular complexity index is 1040. The molecule has 0 radical (unpaired) electrons. The minimum atomic E-state index is -4.66. The minimum Gasteiger partial charge on any atom is -0.454 e. The van der Waals surface area contributed by atoms with E-state index < -0.39 is 33.7 Å². The molecule has 1 N–H and O–H groups in total. The average Bonchev–Trinajstić information content (AvgIpc) is 3.08. The molecule has 0 aliphatic carbocycles. The second-order valence-electron chi connectivity index (χ2n) is 6.34. The van der Waals surface area contributed by atoms with Gasteiger partial charge in [-0.2, -0.15) is 13.2 Å². The topological polar surface area (TPSA) is 84.9 Å². The summed E-state index contributed by atoms with van der Waals surface area (Å²) >= 11 is 0. The van der Waals surface area contributed by atoms with Crippen LogP contribution in [0.5, 0.6) is 11.5 Å². The molecule has 0 saturated heterocycles. The largest absolute Gasteiger partial charge is 0.454 e. The molecule has 11 heteroatoms. The number of carbonyl (C=O) groups is 1. The van der Waals surface area contributed by atoms with Gasteiger partial charge in [0.1, 0.15) is 6.04 Å². The smallest absolute Gasteiger partial charge is 0.416 e. The van der Waals surface area contributed by atoms with Crippen LogP contribution in [0.4, 0.5) is 24.5 Å². The summed E-state index contributed by atoms with van der Waals surface area (Å²) in [6, 6.07) is 7.07. The number of nitrogens with zero attached hydrogens (tertiary/aromatic N) is 1. The van der Waals surface area contributed by atoms with Crippen molar-refractivity contribution >= 4 is 27.3 Å². The van der Waals surface area contributed by atoms with Gasteiger partial charge in [0.05, 0.1) is 17.5 Å². The Morgan fingerprint density at radius 1 is 1.14 bits per heavy atom. The van der Waals surface area contributed by atoms with Crippen LogP contribution in [-0.4, -0.2) is 33.4 Å². The zero-order valence-electron chi connectivity index (χ0n) is 15.4. The molecule has 0 fully saturated rings. The van der Waals surface area contributed by atoms with Gasteiger partial charge < -0.3 is 14.8 Å². The number of carbonyl (C=O) groups excluding carboxylic acids is 1. The molecule has 7 nitrogen and oxygen atoms in total. The highest BCUT2D eigenvalue weighted by Crippen LogP contribution is 2.35. The van der Waals surface area contributed by atoms with Crippen LogP contribution in [0.3, 0.4) is 0 Å². The normalized spacial score (nSPS) is 14.4. The Balaban J connectivity index is 1.88. The molecule has 3 rings (SSSR count). The number of anilines is 2. The van der Waals surface area contributed by atoms with Gasteiger partial charge in [0, 0.05) is 11.8 Å². The molecule has 0 aromatic heterocycles. The number of rotatable bonds is 5. The second kappa shape index (κ2) is 7.47. The lowest BCUT2D eigenvalue weighted by Crippen LogP contribution is -2.45. The van der Waals surface area contributed by atoms with Crippen molar-refractivity contribution in [3.8, 4) is 11.5 Å². The fraction of sp³-hybridized carbons (Fsp3) is 0.278. The van der Waals surface area contributed by atoms with Gasteiger partial charge >= 0.3 is 6.18 Å². The van der Waals surface area contributed by atoms with Crippen molar-refractivity contribution in [2.45, 2.75) is 19.1 Å². The quantitative estimate of drug-likeness (QED) is 0.787. The van der Waals surface area contributed by atoms with Gasteiger partial charge in [-0.15, -0.1) is 0 Å². The van der Waals surface area contributed by atoms with Crippen molar-refractivity contribution < 1.29 is 35.9 Å². The highest BCUT2D eigenvalue weighted by molar-refractivity contribution is 7.92. The maximum Gasteiger partial charge on any atom is 0.416 e. The summed E-state index contributed by atoms with van der Waals surface area (Å²) in [7, 11) is -4.07. The first-order valence-electron chi connectivity index (χ1n) is 8.34. The first-order chi connectivity index (χ1) is 13.5. The van der Waals surface area contributed by atoms with Crippen LogP contribution in [0.15, 0.2) is 42.5 Å². The van der Waals surface area contributed by atoms with E-state index in [-0.39, 0.29) is 12.5 Å². The van der Waals surface area contributed by atoms with Crippen molar-refractivity contribution in [2.75, 3.05) is 22.7 Å². The van der Waals surface area contributed by atoms with Crippen LogP contribution in [0.25, 0.3) is 0 Å². The molecule has 1 amide bonds. The van der Waals surface area contributed by atoms with Gasteiger partial charge in [-0.25, -0.2) is 8.42 Å². The summed E-state index contributed by atoms with van der Waals surface area (Å²) in [6.45, 7) is 1.32. The summed E-state index contributed by atoms with van der Waals surface area (Å²) in [5.74, 6) is 0.178. The zero-order valence-corrected chi connectivity index (χ0v) is 16.2. The van der Waals surface area contributed by atoms with Gasteiger partial charge in [0.2, 0.25) is 22.7 Å². The predicted molar refractivity (Wildman–Crippen MR) is 99.4 cm³/mol. The van der Waals surface area contributed by atoms with Gasteiger partial charge in [-0.1, -0.05) is 6.07 Å². The van der Waals surface area contributed by atoms with Crippen molar-refractivity contribution in [3.05, 3.63) is 48.0 Å². The monoisotopic (exact) mass is 430 g/mol. The third-order valence-electron chi connectivity index (χ3n) is 4.16. The molecule has 2 aromatic carbocycles. The molecule has 1 aliphatic rings. The van der Waals surface area contributed by atoms with E-state index in [9.17, 15) is 26.4 Å². The number of alkyl halides is 3. The number of halogens is 3. The predicted octanol–water partition coefficient (Wildman–Crippen LogP) is 3.23. The van der Waals surface area contributed by atoms with Crippen molar-refractivity contribution in [2.24, 2.45) is 0 Å². The fourth-order valence-corrected chi connectivity index (χ4v) is 4.02. The van der Waals surface area contributed by atoms with Crippen LogP contribution in [0, 0.1) is 0 Å². The van der Waals surface area contributed by atoms with Gasteiger partial charge in [0.15, 0.2) is 11.5 Å². The number of hydrogen-bond acceptors (Lipinski definition) is 5. The van der Waals surface area contributed by atoms with E-state index in [2.05, 4.69) is 5.32 Å². The van der Waals surface area contributed by atoms with E-state index in [1.54, 1.807) is 6.07 Å². The van der Waals surface area contributed by atoms with E-state index in [4.69, 9.17) is 9.47 Å².